The predicted molar refractivity (Wildman–Crippen MR) is 103 cm³/mol. The Morgan fingerprint density at radius 2 is 2.15 bits per heavy atom. The number of benzene rings is 2. The molecule has 0 radical (unpaired) electrons. The molecular weight excluding hydrogens is 346 g/mol. The summed E-state index contributed by atoms with van der Waals surface area (Å²) in [6.45, 7) is 5.31. The molecule has 1 atom stereocenters. The van der Waals surface area contributed by atoms with Crippen LogP contribution in [0.1, 0.15) is 21.5 Å². The van der Waals surface area contributed by atoms with Gasteiger partial charge in [0.15, 0.2) is 0 Å². The van der Waals surface area contributed by atoms with Crippen molar-refractivity contribution in [3.8, 4) is 6.07 Å². The highest BCUT2D eigenvalue weighted by Crippen LogP contribution is 2.26. The lowest BCUT2D eigenvalue weighted by molar-refractivity contribution is 0.0132. The Balaban J connectivity index is 1.72. The van der Waals surface area contributed by atoms with Crippen molar-refractivity contribution in [2.75, 3.05) is 24.5 Å². The highest BCUT2D eigenvalue weighted by atomic mass is 32.2. The minimum absolute atomic E-state index is 0.139. The Morgan fingerprint density at radius 3 is 2.96 bits per heavy atom. The van der Waals surface area contributed by atoms with E-state index in [9.17, 15) is 10.1 Å². The highest BCUT2D eigenvalue weighted by Gasteiger charge is 2.28. The van der Waals surface area contributed by atoms with Crippen molar-refractivity contribution in [2.45, 2.75) is 24.8 Å². The van der Waals surface area contributed by atoms with Crippen molar-refractivity contribution in [1.82, 2.24) is 4.90 Å². The predicted octanol–water partition coefficient (Wildman–Crippen LogP) is 3.79. The number of nitrogens with zero attached hydrogens (tertiary/aromatic N) is 2. The summed E-state index contributed by atoms with van der Waals surface area (Å²) < 4.78 is 8.60. The molecule has 2 aromatic carbocycles. The lowest BCUT2D eigenvalue weighted by Crippen LogP contribution is -2.47. The summed E-state index contributed by atoms with van der Waals surface area (Å²) in [6.07, 6.45) is 0. The van der Waals surface area contributed by atoms with Crippen LogP contribution in [-0.4, -0.2) is 36.6 Å². The number of nitrogens with one attached hydrogen (secondary N) is 1. The number of aryl methyl sites for hydroxylation is 2. The lowest BCUT2D eigenvalue weighted by atomic mass is 10.1. The van der Waals surface area contributed by atoms with Crippen molar-refractivity contribution < 1.29 is 9.53 Å². The first kappa shape index (κ1) is 18.3. The molecule has 1 heterocycles. The Morgan fingerprint density at radius 1 is 1.31 bits per heavy atom. The number of anilines is 1. The second-order valence-electron chi connectivity index (χ2n) is 6.27. The first-order chi connectivity index (χ1) is 12.6. The van der Waals surface area contributed by atoms with E-state index in [1.54, 1.807) is 11.0 Å². The topological polar surface area (TPSA) is 65.4 Å². The fourth-order valence-electron chi connectivity index (χ4n) is 2.77. The smallest absolute Gasteiger partial charge is 0.255 e. The van der Waals surface area contributed by atoms with Crippen molar-refractivity contribution in [2.24, 2.45) is 0 Å². The molecule has 0 aromatic heterocycles. The van der Waals surface area contributed by atoms with Gasteiger partial charge >= 0.3 is 0 Å². The van der Waals surface area contributed by atoms with E-state index in [0.29, 0.717) is 18.7 Å². The molecule has 1 saturated heterocycles. The average molecular weight is 367 g/mol. The molecule has 2 aromatic rings. The number of carbonyl (C=O) groups excluding carboxylic acids is 1. The molecule has 1 unspecified atom stereocenters. The SMILES string of the molecule is Cc1ccc(C)c(SNc2cccc(C(=O)N3CCOCC3C#N)c2)c1. The second-order valence-corrected chi connectivity index (χ2v) is 7.12. The van der Waals surface area contributed by atoms with Crippen molar-refractivity contribution >= 4 is 23.5 Å². The third-order valence-corrected chi connectivity index (χ3v) is 5.27. The van der Waals surface area contributed by atoms with Gasteiger partial charge in [-0.05, 0) is 61.2 Å². The van der Waals surface area contributed by atoms with E-state index in [2.05, 4.69) is 42.8 Å². The summed E-state index contributed by atoms with van der Waals surface area (Å²) in [7, 11) is 0. The van der Waals surface area contributed by atoms with Crippen LogP contribution in [-0.2, 0) is 4.74 Å². The maximum atomic E-state index is 12.8. The van der Waals surface area contributed by atoms with Gasteiger partial charge in [0.2, 0.25) is 0 Å². The highest BCUT2D eigenvalue weighted by molar-refractivity contribution is 8.00. The van der Waals surface area contributed by atoms with Crippen molar-refractivity contribution in [3.63, 3.8) is 0 Å². The van der Waals surface area contributed by atoms with Gasteiger partial charge in [-0.3, -0.25) is 4.79 Å². The van der Waals surface area contributed by atoms with Gasteiger partial charge in [-0.15, -0.1) is 0 Å². The minimum Gasteiger partial charge on any atom is -0.376 e. The number of carbonyl (C=O) groups is 1. The molecule has 3 rings (SSSR count). The number of hydrogen-bond donors (Lipinski definition) is 1. The molecular formula is C20H21N3O2S. The third-order valence-electron chi connectivity index (χ3n) is 4.27. The van der Waals surface area contributed by atoms with Crippen LogP contribution < -0.4 is 4.72 Å². The Labute approximate surface area is 158 Å². The number of ether oxygens (including phenoxy) is 1. The van der Waals surface area contributed by atoms with Crippen LogP contribution in [0.2, 0.25) is 0 Å². The van der Waals surface area contributed by atoms with E-state index in [4.69, 9.17) is 4.74 Å². The Bertz CT molecular complexity index is 847. The molecule has 6 heteroatoms. The van der Waals surface area contributed by atoms with Crippen molar-refractivity contribution in [1.29, 1.82) is 5.26 Å². The molecule has 1 aliphatic rings. The van der Waals surface area contributed by atoms with Crippen LogP contribution in [0.5, 0.6) is 0 Å². The van der Waals surface area contributed by atoms with E-state index in [-0.39, 0.29) is 12.5 Å². The molecule has 1 fully saturated rings. The molecule has 1 amide bonds. The Hall–Kier alpha value is -2.49. The van der Waals surface area contributed by atoms with Gasteiger partial charge in [0.25, 0.3) is 5.91 Å². The number of nitriles is 1. The van der Waals surface area contributed by atoms with Crippen LogP contribution in [0.15, 0.2) is 47.4 Å². The first-order valence-electron chi connectivity index (χ1n) is 8.47. The molecule has 26 heavy (non-hydrogen) atoms. The molecule has 0 spiro atoms. The van der Waals surface area contributed by atoms with Gasteiger partial charge in [0.1, 0.15) is 6.04 Å². The standard InChI is InChI=1S/C20H21N3O2S/c1-14-6-7-15(2)19(10-14)26-22-17-5-3-4-16(11-17)20(24)23-8-9-25-13-18(23)12-21/h3-7,10-11,18,22H,8-9,13H2,1-2H3. The molecule has 0 aliphatic carbocycles. The van der Waals surface area contributed by atoms with E-state index in [0.717, 1.165) is 10.6 Å². The molecule has 1 aliphatic heterocycles. The molecule has 1 N–H and O–H groups in total. The summed E-state index contributed by atoms with van der Waals surface area (Å²) in [4.78, 5) is 15.5. The second kappa shape index (κ2) is 8.26. The van der Waals surface area contributed by atoms with Crippen LogP contribution >= 0.6 is 11.9 Å². The molecule has 134 valence electrons. The van der Waals surface area contributed by atoms with Gasteiger partial charge < -0.3 is 14.4 Å². The van der Waals surface area contributed by atoms with E-state index in [1.807, 2.05) is 18.2 Å². The lowest BCUT2D eigenvalue weighted by Gasteiger charge is -2.31. The third kappa shape index (κ3) is 4.18. The number of hydrogen-bond acceptors (Lipinski definition) is 5. The van der Waals surface area contributed by atoms with Crippen LogP contribution in [0.25, 0.3) is 0 Å². The monoisotopic (exact) mass is 367 g/mol. The molecule has 0 saturated carbocycles. The van der Waals surface area contributed by atoms with E-state index < -0.39 is 6.04 Å². The number of amides is 1. The number of rotatable bonds is 4. The fourth-order valence-corrected chi connectivity index (χ4v) is 3.60. The van der Waals surface area contributed by atoms with Gasteiger partial charge in [0.05, 0.1) is 19.3 Å². The van der Waals surface area contributed by atoms with Crippen LogP contribution in [0, 0.1) is 25.2 Å². The fraction of sp³-hybridized carbons (Fsp3) is 0.300. The van der Waals surface area contributed by atoms with E-state index >= 15 is 0 Å². The summed E-state index contributed by atoms with van der Waals surface area (Å²) in [5, 5.41) is 9.23. The van der Waals surface area contributed by atoms with Gasteiger partial charge in [-0.2, -0.15) is 5.26 Å². The largest absolute Gasteiger partial charge is 0.376 e. The summed E-state index contributed by atoms with van der Waals surface area (Å²) in [6, 6.07) is 15.3. The normalized spacial score (nSPS) is 16.8. The van der Waals surface area contributed by atoms with Gasteiger partial charge in [-0.1, -0.05) is 18.2 Å². The summed E-state index contributed by atoms with van der Waals surface area (Å²) in [5.41, 5.74) is 3.83. The molecule has 0 bridgehead atoms. The maximum absolute atomic E-state index is 12.8. The summed E-state index contributed by atoms with van der Waals surface area (Å²) >= 11 is 1.53. The Kier molecular flexibility index (Phi) is 5.82. The zero-order chi connectivity index (χ0) is 18.5. The first-order valence-corrected chi connectivity index (χ1v) is 9.28. The quantitative estimate of drug-likeness (QED) is 0.833. The average Bonchev–Trinajstić information content (AvgIpc) is 2.68. The maximum Gasteiger partial charge on any atom is 0.255 e. The minimum atomic E-state index is -0.530. The number of morpholine rings is 1. The zero-order valence-corrected chi connectivity index (χ0v) is 15.7. The molecule has 5 nitrogen and oxygen atoms in total. The van der Waals surface area contributed by atoms with Gasteiger partial charge in [0, 0.05) is 22.7 Å². The zero-order valence-electron chi connectivity index (χ0n) is 14.9. The van der Waals surface area contributed by atoms with Crippen LogP contribution in [0.3, 0.4) is 0 Å². The summed E-state index contributed by atoms with van der Waals surface area (Å²) in [5.74, 6) is -0.139. The van der Waals surface area contributed by atoms with E-state index in [1.165, 1.54) is 23.1 Å². The van der Waals surface area contributed by atoms with Crippen LogP contribution in [0.4, 0.5) is 5.69 Å². The van der Waals surface area contributed by atoms with Crippen molar-refractivity contribution in [3.05, 3.63) is 59.2 Å². The van der Waals surface area contributed by atoms with Gasteiger partial charge in [-0.25, -0.2) is 0 Å².